The van der Waals surface area contributed by atoms with Gasteiger partial charge in [-0.3, -0.25) is 4.79 Å². The molecule has 0 bridgehead atoms. The average molecular weight is 353 g/mol. The van der Waals surface area contributed by atoms with Gasteiger partial charge >= 0.3 is 6.09 Å². The Labute approximate surface area is 153 Å². The molecule has 1 heterocycles. The highest BCUT2D eigenvalue weighted by Crippen LogP contribution is 2.30. The van der Waals surface area contributed by atoms with Crippen molar-refractivity contribution in [3.63, 3.8) is 0 Å². The van der Waals surface area contributed by atoms with Crippen LogP contribution in [0.2, 0.25) is 0 Å². The molecule has 1 N–H and O–H groups in total. The van der Waals surface area contributed by atoms with Gasteiger partial charge in [-0.15, -0.1) is 6.58 Å². The molecule has 144 valence electrons. The second-order valence-electron chi connectivity index (χ2n) is 9.02. The van der Waals surface area contributed by atoms with Gasteiger partial charge in [0, 0.05) is 24.5 Å². The van der Waals surface area contributed by atoms with Crippen LogP contribution in [-0.2, 0) is 9.53 Å². The van der Waals surface area contributed by atoms with Crippen LogP contribution in [0.1, 0.15) is 67.2 Å². The third-order valence-corrected chi connectivity index (χ3v) is 4.28. The van der Waals surface area contributed by atoms with E-state index in [0.29, 0.717) is 19.0 Å². The van der Waals surface area contributed by atoms with Gasteiger partial charge in [0.2, 0.25) is 5.91 Å². The van der Waals surface area contributed by atoms with Crippen LogP contribution < -0.4 is 5.32 Å². The van der Waals surface area contributed by atoms with Crippen LogP contribution in [0.3, 0.4) is 0 Å². The average Bonchev–Trinajstić information content (AvgIpc) is 2.44. The summed E-state index contributed by atoms with van der Waals surface area (Å²) in [5.74, 6) is 0.379. The van der Waals surface area contributed by atoms with E-state index in [2.05, 4.69) is 11.9 Å². The monoisotopic (exact) mass is 352 g/mol. The summed E-state index contributed by atoms with van der Waals surface area (Å²) in [4.78, 5) is 26.7. The molecule has 1 rings (SSSR count). The summed E-state index contributed by atoms with van der Waals surface area (Å²) in [6, 6.07) is 0. The SMILES string of the molecule is C=CCCC(C(=O)NC(C)(C)C)C1CCN(C(=O)OC(C)(C)C)CC1. The number of carbonyl (C=O) groups is 2. The molecule has 0 spiro atoms. The van der Waals surface area contributed by atoms with Gasteiger partial charge in [-0.1, -0.05) is 6.08 Å². The van der Waals surface area contributed by atoms with Gasteiger partial charge in [0.1, 0.15) is 5.60 Å². The van der Waals surface area contributed by atoms with E-state index in [1.165, 1.54) is 0 Å². The first kappa shape index (κ1) is 21.5. The fourth-order valence-electron chi connectivity index (χ4n) is 3.15. The highest BCUT2D eigenvalue weighted by Gasteiger charge is 2.34. The zero-order valence-electron chi connectivity index (χ0n) is 16.9. The zero-order valence-corrected chi connectivity index (χ0v) is 16.9. The summed E-state index contributed by atoms with van der Waals surface area (Å²) >= 11 is 0. The van der Waals surface area contributed by atoms with Crippen LogP contribution >= 0.6 is 0 Å². The number of nitrogens with one attached hydrogen (secondary N) is 1. The molecule has 0 radical (unpaired) electrons. The Kier molecular flexibility index (Phi) is 7.51. The molecule has 1 fully saturated rings. The molecular formula is C20H36N2O3. The molecule has 1 aliphatic rings. The highest BCUT2D eigenvalue weighted by molar-refractivity contribution is 5.79. The maximum atomic E-state index is 12.7. The quantitative estimate of drug-likeness (QED) is 0.757. The van der Waals surface area contributed by atoms with Gasteiger partial charge in [0.05, 0.1) is 0 Å². The molecule has 25 heavy (non-hydrogen) atoms. The Balaban J connectivity index is 2.66. The summed E-state index contributed by atoms with van der Waals surface area (Å²) < 4.78 is 5.45. The normalized spacial score (nSPS) is 17.8. The van der Waals surface area contributed by atoms with Crippen LogP contribution in [0.4, 0.5) is 4.79 Å². The smallest absolute Gasteiger partial charge is 0.410 e. The lowest BCUT2D eigenvalue weighted by atomic mass is 9.80. The van der Waals surface area contributed by atoms with E-state index in [1.807, 2.05) is 47.6 Å². The molecule has 1 aliphatic heterocycles. The van der Waals surface area contributed by atoms with Crippen LogP contribution in [0.15, 0.2) is 12.7 Å². The molecule has 5 heteroatoms. The maximum absolute atomic E-state index is 12.7. The van der Waals surface area contributed by atoms with E-state index in [4.69, 9.17) is 4.74 Å². The van der Waals surface area contributed by atoms with E-state index in [1.54, 1.807) is 4.90 Å². The molecular weight excluding hydrogens is 316 g/mol. The van der Waals surface area contributed by atoms with Gasteiger partial charge in [-0.25, -0.2) is 4.79 Å². The third-order valence-electron chi connectivity index (χ3n) is 4.28. The largest absolute Gasteiger partial charge is 0.444 e. The standard InChI is InChI=1S/C20H36N2O3/c1-8-9-10-16(17(23)21-19(2,3)4)15-11-13-22(14-12-15)18(24)25-20(5,6)7/h8,15-16H,1,9-14H2,2-7H3,(H,21,23). The summed E-state index contributed by atoms with van der Waals surface area (Å²) in [5, 5.41) is 3.11. The van der Waals surface area contributed by atoms with Crippen LogP contribution in [-0.4, -0.2) is 41.1 Å². The van der Waals surface area contributed by atoms with Crippen molar-refractivity contribution in [2.75, 3.05) is 13.1 Å². The van der Waals surface area contributed by atoms with E-state index in [-0.39, 0.29) is 23.5 Å². The Morgan fingerprint density at radius 3 is 2.20 bits per heavy atom. The molecule has 0 aromatic heterocycles. The van der Waals surface area contributed by atoms with Gasteiger partial charge in [-0.05, 0) is 73.1 Å². The fourth-order valence-corrected chi connectivity index (χ4v) is 3.15. The first-order valence-corrected chi connectivity index (χ1v) is 9.34. The first-order valence-electron chi connectivity index (χ1n) is 9.34. The number of ether oxygens (including phenoxy) is 1. The zero-order chi connectivity index (χ0) is 19.3. The number of allylic oxidation sites excluding steroid dienone is 1. The maximum Gasteiger partial charge on any atom is 0.410 e. The molecule has 1 unspecified atom stereocenters. The van der Waals surface area contributed by atoms with Crippen molar-refractivity contribution in [2.45, 2.75) is 78.4 Å². The molecule has 1 saturated heterocycles. The van der Waals surface area contributed by atoms with Crippen molar-refractivity contribution in [1.29, 1.82) is 0 Å². The van der Waals surface area contributed by atoms with Crippen LogP contribution in [0.25, 0.3) is 0 Å². The fraction of sp³-hybridized carbons (Fsp3) is 0.800. The number of hydrogen-bond acceptors (Lipinski definition) is 3. The van der Waals surface area contributed by atoms with Gasteiger partial charge in [-0.2, -0.15) is 0 Å². The number of hydrogen-bond donors (Lipinski definition) is 1. The second-order valence-corrected chi connectivity index (χ2v) is 9.02. The lowest BCUT2D eigenvalue weighted by Gasteiger charge is -2.37. The summed E-state index contributed by atoms with van der Waals surface area (Å²) in [5.41, 5.74) is -0.715. The first-order chi connectivity index (χ1) is 11.4. The molecule has 0 aromatic carbocycles. The van der Waals surface area contributed by atoms with Crippen molar-refractivity contribution in [2.24, 2.45) is 11.8 Å². The van der Waals surface area contributed by atoms with Crippen molar-refractivity contribution >= 4 is 12.0 Å². The van der Waals surface area contributed by atoms with Gasteiger partial charge < -0.3 is 15.0 Å². The second kappa shape index (κ2) is 8.72. The number of piperidine rings is 1. The number of carbonyl (C=O) groups excluding carboxylic acids is 2. The van der Waals surface area contributed by atoms with Crippen molar-refractivity contribution in [3.8, 4) is 0 Å². The predicted molar refractivity (Wildman–Crippen MR) is 101 cm³/mol. The minimum Gasteiger partial charge on any atom is -0.444 e. The van der Waals surface area contributed by atoms with Crippen molar-refractivity contribution in [1.82, 2.24) is 10.2 Å². The van der Waals surface area contributed by atoms with Crippen LogP contribution in [0.5, 0.6) is 0 Å². The lowest BCUT2D eigenvalue weighted by Crippen LogP contribution is -2.48. The molecule has 2 amide bonds. The summed E-state index contributed by atoms with van der Waals surface area (Å²) in [7, 11) is 0. The number of amides is 2. The lowest BCUT2D eigenvalue weighted by molar-refractivity contribution is -0.129. The van der Waals surface area contributed by atoms with E-state index in [9.17, 15) is 9.59 Å². The number of rotatable bonds is 5. The number of likely N-dealkylation sites (tertiary alicyclic amines) is 1. The van der Waals surface area contributed by atoms with Crippen molar-refractivity contribution < 1.29 is 14.3 Å². The number of nitrogens with zero attached hydrogens (tertiary/aromatic N) is 1. The molecule has 1 atom stereocenters. The Bertz CT molecular complexity index is 466. The van der Waals surface area contributed by atoms with E-state index < -0.39 is 5.60 Å². The summed E-state index contributed by atoms with van der Waals surface area (Å²) in [6.45, 7) is 16.7. The van der Waals surface area contributed by atoms with Crippen molar-refractivity contribution in [3.05, 3.63) is 12.7 Å². The predicted octanol–water partition coefficient (Wildman–Crippen LogP) is 4.13. The summed E-state index contributed by atoms with van der Waals surface area (Å²) in [6.07, 6.45) is 4.91. The molecule has 0 saturated carbocycles. The molecule has 0 aromatic rings. The third kappa shape index (κ3) is 7.93. The van der Waals surface area contributed by atoms with Gasteiger partial charge in [0.25, 0.3) is 0 Å². The Morgan fingerprint density at radius 2 is 1.76 bits per heavy atom. The van der Waals surface area contributed by atoms with Crippen LogP contribution in [0, 0.1) is 11.8 Å². The topological polar surface area (TPSA) is 58.6 Å². The molecule has 5 nitrogen and oxygen atoms in total. The van der Waals surface area contributed by atoms with E-state index in [0.717, 1.165) is 25.7 Å². The van der Waals surface area contributed by atoms with Gasteiger partial charge in [0.15, 0.2) is 0 Å². The molecule has 0 aliphatic carbocycles. The minimum atomic E-state index is -0.479. The Hall–Kier alpha value is -1.52. The minimum absolute atomic E-state index is 0.0296. The highest BCUT2D eigenvalue weighted by atomic mass is 16.6. The van der Waals surface area contributed by atoms with E-state index >= 15 is 0 Å². The Morgan fingerprint density at radius 1 is 1.20 bits per heavy atom.